The molecule has 1 rings (SSSR count). The largest absolute Gasteiger partial charge is 0.398 e. The third kappa shape index (κ3) is 3.66. The molecule has 0 unspecified atom stereocenters. The number of nitrogens with two attached hydrogens (primary N) is 1. The van der Waals surface area contributed by atoms with Gasteiger partial charge in [-0.15, -0.1) is 0 Å². The zero-order chi connectivity index (χ0) is 13.7. The van der Waals surface area contributed by atoms with Crippen molar-refractivity contribution in [2.45, 2.75) is 27.7 Å². The number of hydrogen-bond acceptors (Lipinski definition) is 3. The van der Waals surface area contributed by atoms with E-state index in [1.54, 1.807) is 6.07 Å². The van der Waals surface area contributed by atoms with Crippen molar-refractivity contribution in [3.05, 3.63) is 23.8 Å². The Balaban J connectivity index is 2.71. The van der Waals surface area contributed by atoms with E-state index in [1.165, 1.54) is 0 Å². The van der Waals surface area contributed by atoms with Crippen LogP contribution in [0.5, 0.6) is 0 Å². The quantitative estimate of drug-likeness (QED) is 0.781. The third-order valence-corrected chi connectivity index (χ3v) is 3.43. The molecule has 1 aromatic carbocycles. The van der Waals surface area contributed by atoms with Crippen molar-refractivity contribution in [3.8, 4) is 6.07 Å². The van der Waals surface area contributed by atoms with E-state index >= 15 is 0 Å². The molecule has 0 radical (unpaired) electrons. The smallest absolute Gasteiger partial charge is 0.101 e. The minimum Gasteiger partial charge on any atom is -0.398 e. The van der Waals surface area contributed by atoms with Gasteiger partial charge in [-0.2, -0.15) is 5.26 Å². The van der Waals surface area contributed by atoms with E-state index in [0.29, 0.717) is 29.0 Å². The molecule has 0 saturated heterocycles. The normalized spacial score (nSPS) is 11.0. The fraction of sp³-hybridized carbons (Fsp3) is 0.533. The van der Waals surface area contributed by atoms with Crippen LogP contribution < -0.4 is 11.1 Å². The summed E-state index contributed by atoms with van der Waals surface area (Å²) < 4.78 is 0. The summed E-state index contributed by atoms with van der Waals surface area (Å²) in [6.45, 7) is 9.91. The Morgan fingerprint density at radius 1 is 1.22 bits per heavy atom. The van der Waals surface area contributed by atoms with Crippen LogP contribution in [0, 0.1) is 29.1 Å². The Bertz CT molecular complexity index is 422. The fourth-order valence-corrected chi connectivity index (χ4v) is 2.24. The van der Waals surface area contributed by atoms with Crippen molar-refractivity contribution < 1.29 is 0 Å². The second-order valence-electron chi connectivity index (χ2n) is 5.45. The highest BCUT2D eigenvalue weighted by atomic mass is 14.9. The Labute approximate surface area is 110 Å². The lowest BCUT2D eigenvalue weighted by Gasteiger charge is -2.25. The zero-order valence-electron chi connectivity index (χ0n) is 11.7. The molecule has 0 aliphatic rings. The summed E-state index contributed by atoms with van der Waals surface area (Å²) in [5.41, 5.74) is 7.73. The number of nitrogen functional groups attached to an aromatic ring is 1. The molecular weight excluding hydrogens is 222 g/mol. The highest BCUT2D eigenvalue weighted by Gasteiger charge is 2.17. The summed E-state index contributed by atoms with van der Waals surface area (Å²) in [5, 5.41) is 12.3. The Hall–Kier alpha value is -1.69. The molecule has 0 atom stereocenters. The monoisotopic (exact) mass is 245 g/mol. The first-order valence-corrected chi connectivity index (χ1v) is 6.49. The average Bonchev–Trinajstić information content (AvgIpc) is 2.30. The number of benzene rings is 1. The fourth-order valence-electron chi connectivity index (χ4n) is 2.24. The van der Waals surface area contributed by atoms with Gasteiger partial charge in [-0.3, -0.25) is 0 Å². The minimum atomic E-state index is 0.533. The van der Waals surface area contributed by atoms with Gasteiger partial charge in [-0.05, 0) is 36.0 Å². The average molecular weight is 245 g/mol. The summed E-state index contributed by atoms with van der Waals surface area (Å²) in [5.74, 6) is 1.90. The van der Waals surface area contributed by atoms with Crippen molar-refractivity contribution >= 4 is 11.4 Å². The van der Waals surface area contributed by atoms with Crippen LogP contribution in [0.15, 0.2) is 18.2 Å². The molecule has 0 amide bonds. The first-order valence-electron chi connectivity index (χ1n) is 6.49. The number of hydrogen-bond donors (Lipinski definition) is 2. The van der Waals surface area contributed by atoms with Crippen LogP contribution in [0.2, 0.25) is 0 Å². The summed E-state index contributed by atoms with van der Waals surface area (Å²) in [4.78, 5) is 0. The van der Waals surface area contributed by atoms with E-state index in [9.17, 15) is 0 Å². The van der Waals surface area contributed by atoms with Gasteiger partial charge in [-0.1, -0.05) is 27.7 Å². The van der Waals surface area contributed by atoms with Crippen LogP contribution in [0.25, 0.3) is 0 Å². The molecule has 0 saturated carbocycles. The van der Waals surface area contributed by atoms with Gasteiger partial charge >= 0.3 is 0 Å². The molecule has 3 N–H and O–H groups in total. The van der Waals surface area contributed by atoms with Crippen LogP contribution in [-0.4, -0.2) is 6.54 Å². The Morgan fingerprint density at radius 2 is 1.83 bits per heavy atom. The van der Waals surface area contributed by atoms with Gasteiger partial charge in [0.1, 0.15) is 6.07 Å². The maximum atomic E-state index is 8.94. The molecule has 0 aliphatic heterocycles. The van der Waals surface area contributed by atoms with Crippen molar-refractivity contribution in [3.63, 3.8) is 0 Å². The number of nitrogens with zero attached hydrogens (tertiary/aromatic N) is 1. The van der Waals surface area contributed by atoms with Crippen LogP contribution in [0.1, 0.15) is 33.3 Å². The van der Waals surface area contributed by atoms with Crippen molar-refractivity contribution in [1.29, 1.82) is 5.26 Å². The van der Waals surface area contributed by atoms with E-state index in [2.05, 4.69) is 39.1 Å². The van der Waals surface area contributed by atoms with Crippen LogP contribution in [0.4, 0.5) is 11.4 Å². The zero-order valence-corrected chi connectivity index (χ0v) is 11.7. The lowest BCUT2D eigenvalue weighted by atomic mass is 9.85. The second kappa shape index (κ2) is 6.30. The first kappa shape index (κ1) is 14.4. The van der Waals surface area contributed by atoms with Gasteiger partial charge in [-0.25, -0.2) is 0 Å². The van der Waals surface area contributed by atoms with E-state index in [1.807, 2.05) is 12.1 Å². The maximum Gasteiger partial charge on any atom is 0.101 e. The third-order valence-electron chi connectivity index (χ3n) is 3.43. The van der Waals surface area contributed by atoms with Crippen LogP contribution in [-0.2, 0) is 0 Å². The molecule has 0 aromatic heterocycles. The Morgan fingerprint density at radius 3 is 2.33 bits per heavy atom. The molecule has 0 heterocycles. The molecule has 0 aliphatic carbocycles. The van der Waals surface area contributed by atoms with E-state index in [4.69, 9.17) is 11.0 Å². The lowest BCUT2D eigenvalue weighted by molar-refractivity contribution is 0.304. The predicted molar refractivity (Wildman–Crippen MR) is 77.2 cm³/mol. The van der Waals surface area contributed by atoms with E-state index in [-0.39, 0.29) is 0 Å². The molecule has 18 heavy (non-hydrogen) atoms. The van der Waals surface area contributed by atoms with Gasteiger partial charge in [0.15, 0.2) is 0 Å². The first-order chi connectivity index (χ1) is 8.45. The summed E-state index contributed by atoms with van der Waals surface area (Å²) in [6.07, 6.45) is 0. The second-order valence-corrected chi connectivity index (χ2v) is 5.45. The number of anilines is 2. The molecule has 0 fully saturated rings. The van der Waals surface area contributed by atoms with Gasteiger partial charge in [0.25, 0.3) is 0 Å². The van der Waals surface area contributed by atoms with Crippen LogP contribution in [0.3, 0.4) is 0 Å². The molecule has 0 spiro atoms. The lowest BCUT2D eigenvalue weighted by Crippen LogP contribution is -2.24. The van der Waals surface area contributed by atoms with Crippen LogP contribution >= 0.6 is 0 Å². The van der Waals surface area contributed by atoms with Crippen molar-refractivity contribution in [2.24, 2.45) is 17.8 Å². The molecular formula is C15H23N3. The predicted octanol–water partition coefficient (Wildman–Crippen LogP) is 3.48. The van der Waals surface area contributed by atoms with E-state index in [0.717, 1.165) is 12.2 Å². The molecule has 3 nitrogen and oxygen atoms in total. The van der Waals surface area contributed by atoms with E-state index < -0.39 is 0 Å². The summed E-state index contributed by atoms with van der Waals surface area (Å²) >= 11 is 0. The number of nitrogens with one attached hydrogen (secondary N) is 1. The minimum absolute atomic E-state index is 0.533. The highest BCUT2D eigenvalue weighted by Crippen LogP contribution is 2.22. The van der Waals surface area contributed by atoms with Gasteiger partial charge in [0.2, 0.25) is 0 Å². The van der Waals surface area contributed by atoms with Gasteiger partial charge < -0.3 is 11.1 Å². The Kier molecular flexibility index (Phi) is 5.03. The van der Waals surface area contributed by atoms with Gasteiger partial charge in [0, 0.05) is 17.9 Å². The highest BCUT2D eigenvalue weighted by molar-refractivity contribution is 5.61. The molecule has 98 valence electrons. The number of rotatable bonds is 5. The van der Waals surface area contributed by atoms with Crippen molar-refractivity contribution in [1.82, 2.24) is 0 Å². The molecule has 3 heteroatoms. The van der Waals surface area contributed by atoms with Crippen molar-refractivity contribution in [2.75, 3.05) is 17.6 Å². The van der Waals surface area contributed by atoms with Gasteiger partial charge in [0.05, 0.1) is 5.56 Å². The molecule has 0 bridgehead atoms. The molecule has 1 aromatic rings. The maximum absolute atomic E-state index is 8.94. The standard InChI is InChI=1S/C15H23N3/c1-10(2)14(11(3)4)9-18-13-5-6-15(17)12(7-13)8-16/h5-7,10-11,14,18H,9,17H2,1-4H3. The summed E-state index contributed by atoms with van der Waals surface area (Å²) in [6, 6.07) is 7.62. The topological polar surface area (TPSA) is 61.8 Å². The summed E-state index contributed by atoms with van der Waals surface area (Å²) in [7, 11) is 0. The SMILES string of the molecule is CC(C)C(CNc1ccc(N)c(C#N)c1)C(C)C. The number of nitriles is 1.